The number of pyridine rings is 1. The Morgan fingerprint density at radius 2 is 2.47 bits per heavy atom. The SMILES string of the molecule is C[C@H]1Oc2cc(F)cnc2[C@@H]1CC(=O)O. The molecule has 0 spiro atoms. The van der Waals surface area contributed by atoms with E-state index in [1.807, 2.05) is 0 Å². The van der Waals surface area contributed by atoms with Crippen LogP contribution in [-0.2, 0) is 4.79 Å². The van der Waals surface area contributed by atoms with Crippen molar-refractivity contribution < 1.29 is 19.0 Å². The molecule has 1 N–H and O–H groups in total. The van der Waals surface area contributed by atoms with Crippen LogP contribution < -0.4 is 4.74 Å². The number of carboxylic acids is 1. The molecule has 1 aliphatic heterocycles. The van der Waals surface area contributed by atoms with Gasteiger partial charge in [-0.2, -0.15) is 0 Å². The van der Waals surface area contributed by atoms with Crippen molar-refractivity contribution in [1.29, 1.82) is 0 Å². The van der Waals surface area contributed by atoms with Gasteiger partial charge in [0.05, 0.1) is 24.2 Å². The summed E-state index contributed by atoms with van der Waals surface area (Å²) in [6, 6.07) is 1.24. The molecule has 0 radical (unpaired) electrons. The second-order valence-electron chi connectivity index (χ2n) is 3.56. The summed E-state index contributed by atoms with van der Waals surface area (Å²) in [6.07, 6.45) is 0.757. The van der Waals surface area contributed by atoms with Gasteiger partial charge in [0.1, 0.15) is 17.7 Å². The van der Waals surface area contributed by atoms with E-state index < -0.39 is 11.8 Å². The third kappa shape index (κ3) is 1.77. The van der Waals surface area contributed by atoms with E-state index in [4.69, 9.17) is 9.84 Å². The highest BCUT2D eigenvalue weighted by molar-refractivity contribution is 5.68. The molecule has 0 amide bonds. The van der Waals surface area contributed by atoms with E-state index in [0.29, 0.717) is 11.4 Å². The molecule has 0 aliphatic carbocycles. The standard InChI is InChI=1S/C10H10FNO3/c1-5-7(3-9(13)14)10-8(15-5)2-6(11)4-12-10/h2,4-5,7H,3H2,1H3,(H,13,14)/t5-,7-/m1/s1. The lowest BCUT2D eigenvalue weighted by atomic mass is 9.97. The minimum atomic E-state index is -0.908. The molecule has 0 saturated carbocycles. The summed E-state index contributed by atoms with van der Waals surface area (Å²) in [7, 11) is 0. The Labute approximate surface area is 85.7 Å². The van der Waals surface area contributed by atoms with Crippen LogP contribution in [0.15, 0.2) is 12.3 Å². The Morgan fingerprint density at radius 3 is 3.13 bits per heavy atom. The predicted molar refractivity (Wildman–Crippen MR) is 49.3 cm³/mol. The molecule has 2 atom stereocenters. The number of hydrogen-bond donors (Lipinski definition) is 1. The van der Waals surface area contributed by atoms with Crippen LogP contribution in [0.3, 0.4) is 0 Å². The first-order chi connectivity index (χ1) is 7.08. The van der Waals surface area contributed by atoms with Gasteiger partial charge in [0.2, 0.25) is 0 Å². The zero-order valence-corrected chi connectivity index (χ0v) is 8.11. The fourth-order valence-corrected chi connectivity index (χ4v) is 1.76. The average Bonchev–Trinajstić information content (AvgIpc) is 2.41. The summed E-state index contributed by atoms with van der Waals surface area (Å²) in [4.78, 5) is 14.5. The molecule has 1 aromatic heterocycles. The number of fused-ring (bicyclic) bond motifs is 1. The zero-order valence-electron chi connectivity index (χ0n) is 8.11. The lowest BCUT2D eigenvalue weighted by Gasteiger charge is -2.10. The van der Waals surface area contributed by atoms with Crippen LogP contribution in [0.5, 0.6) is 5.75 Å². The second-order valence-corrected chi connectivity index (χ2v) is 3.56. The van der Waals surface area contributed by atoms with Crippen molar-refractivity contribution >= 4 is 5.97 Å². The minimum absolute atomic E-state index is 0.0488. The maximum Gasteiger partial charge on any atom is 0.304 e. The molecule has 80 valence electrons. The maximum absolute atomic E-state index is 12.8. The summed E-state index contributed by atoms with van der Waals surface area (Å²) >= 11 is 0. The van der Waals surface area contributed by atoms with Crippen molar-refractivity contribution in [1.82, 2.24) is 4.98 Å². The molecule has 1 aliphatic rings. The normalized spacial score (nSPS) is 23.3. The molecular formula is C10H10FNO3. The van der Waals surface area contributed by atoms with Crippen molar-refractivity contribution in [3.8, 4) is 5.75 Å². The van der Waals surface area contributed by atoms with Gasteiger partial charge in [0, 0.05) is 6.07 Å². The lowest BCUT2D eigenvalue weighted by Crippen LogP contribution is -2.17. The maximum atomic E-state index is 12.8. The molecule has 0 unspecified atom stereocenters. The Balaban J connectivity index is 2.33. The number of carbonyl (C=O) groups is 1. The van der Waals surface area contributed by atoms with Crippen LogP contribution in [0.4, 0.5) is 4.39 Å². The highest BCUT2D eigenvalue weighted by Gasteiger charge is 2.34. The van der Waals surface area contributed by atoms with Crippen LogP contribution >= 0.6 is 0 Å². The van der Waals surface area contributed by atoms with E-state index in [-0.39, 0.29) is 18.4 Å². The topological polar surface area (TPSA) is 59.4 Å². The first-order valence-electron chi connectivity index (χ1n) is 4.62. The van der Waals surface area contributed by atoms with E-state index in [0.717, 1.165) is 6.20 Å². The Kier molecular flexibility index (Phi) is 2.30. The third-order valence-electron chi connectivity index (χ3n) is 2.47. The molecule has 0 aromatic carbocycles. The van der Waals surface area contributed by atoms with Gasteiger partial charge in [0.15, 0.2) is 0 Å². The summed E-state index contributed by atoms with van der Waals surface area (Å²) in [5.74, 6) is -1.32. The van der Waals surface area contributed by atoms with Crippen molar-refractivity contribution in [2.24, 2.45) is 0 Å². The molecule has 0 saturated heterocycles. The van der Waals surface area contributed by atoms with Crippen LogP contribution in [0.1, 0.15) is 25.0 Å². The second kappa shape index (κ2) is 3.49. The monoisotopic (exact) mass is 211 g/mol. The Morgan fingerprint density at radius 1 is 1.73 bits per heavy atom. The van der Waals surface area contributed by atoms with Gasteiger partial charge in [0.25, 0.3) is 0 Å². The van der Waals surface area contributed by atoms with Crippen molar-refractivity contribution in [2.45, 2.75) is 25.4 Å². The fraction of sp³-hybridized carbons (Fsp3) is 0.400. The summed E-state index contributed by atoms with van der Waals surface area (Å²) < 4.78 is 18.2. The van der Waals surface area contributed by atoms with Gasteiger partial charge in [-0.15, -0.1) is 0 Å². The van der Waals surface area contributed by atoms with Crippen molar-refractivity contribution in [3.63, 3.8) is 0 Å². The van der Waals surface area contributed by atoms with Crippen LogP contribution in [0.2, 0.25) is 0 Å². The first-order valence-corrected chi connectivity index (χ1v) is 4.62. The number of carboxylic acid groups (broad SMARTS) is 1. The Bertz CT molecular complexity index is 408. The number of nitrogens with zero attached hydrogens (tertiary/aromatic N) is 1. The van der Waals surface area contributed by atoms with Gasteiger partial charge in [-0.1, -0.05) is 0 Å². The lowest BCUT2D eigenvalue weighted by molar-refractivity contribution is -0.137. The summed E-state index contributed by atoms with van der Waals surface area (Å²) in [5.41, 5.74) is 0.534. The zero-order chi connectivity index (χ0) is 11.0. The number of hydrogen-bond acceptors (Lipinski definition) is 3. The number of rotatable bonds is 2. The molecule has 2 heterocycles. The molecule has 4 nitrogen and oxygen atoms in total. The van der Waals surface area contributed by atoms with Crippen LogP contribution in [-0.4, -0.2) is 22.2 Å². The van der Waals surface area contributed by atoms with E-state index >= 15 is 0 Å². The molecule has 2 rings (SSSR count). The number of halogens is 1. The van der Waals surface area contributed by atoms with Gasteiger partial charge >= 0.3 is 5.97 Å². The third-order valence-corrected chi connectivity index (χ3v) is 2.47. The predicted octanol–water partition coefficient (Wildman–Crippen LogP) is 1.56. The van der Waals surface area contributed by atoms with Crippen molar-refractivity contribution in [2.75, 3.05) is 0 Å². The van der Waals surface area contributed by atoms with Crippen molar-refractivity contribution in [3.05, 3.63) is 23.8 Å². The summed E-state index contributed by atoms with van der Waals surface area (Å²) in [5, 5.41) is 8.71. The first kappa shape index (κ1) is 9.89. The number of aromatic nitrogens is 1. The van der Waals surface area contributed by atoms with E-state index in [2.05, 4.69) is 4.98 Å². The molecule has 1 aromatic rings. The van der Waals surface area contributed by atoms with Crippen LogP contribution in [0.25, 0.3) is 0 Å². The smallest absolute Gasteiger partial charge is 0.304 e. The molecular weight excluding hydrogens is 201 g/mol. The van der Waals surface area contributed by atoms with Gasteiger partial charge in [-0.3, -0.25) is 9.78 Å². The quantitative estimate of drug-likeness (QED) is 0.806. The fourth-order valence-electron chi connectivity index (χ4n) is 1.76. The number of aliphatic carboxylic acids is 1. The number of ether oxygens (including phenoxy) is 1. The van der Waals surface area contributed by atoms with E-state index in [1.165, 1.54) is 6.07 Å². The average molecular weight is 211 g/mol. The minimum Gasteiger partial charge on any atom is -0.488 e. The van der Waals surface area contributed by atoms with E-state index in [1.54, 1.807) is 6.92 Å². The Hall–Kier alpha value is -1.65. The molecule has 0 bridgehead atoms. The molecule has 15 heavy (non-hydrogen) atoms. The summed E-state index contributed by atoms with van der Waals surface area (Å²) in [6.45, 7) is 1.76. The van der Waals surface area contributed by atoms with Gasteiger partial charge < -0.3 is 9.84 Å². The highest BCUT2D eigenvalue weighted by atomic mass is 19.1. The largest absolute Gasteiger partial charge is 0.488 e. The van der Waals surface area contributed by atoms with Crippen LogP contribution in [0, 0.1) is 5.82 Å². The highest BCUT2D eigenvalue weighted by Crippen LogP contribution is 2.38. The molecule has 0 fully saturated rings. The molecule has 5 heteroatoms. The van der Waals surface area contributed by atoms with Gasteiger partial charge in [-0.25, -0.2) is 4.39 Å². The van der Waals surface area contributed by atoms with E-state index in [9.17, 15) is 9.18 Å². The van der Waals surface area contributed by atoms with Gasteiger partial charge in [-0.05, 0) is 6.92 Å².